The lowest BCUT2D eigenvalue weighted by molar-refractivity contribution is -1.18. The van der Waals surface area contributed by atoms with Crippen LogP contribution in [0, 0.1) is 0 Å². The maximum absolute atomic E-state index is 17.0. The van der Waals surface area contributed by atoms with Gasteiger partial charge in [0.2, 0.25) is 6.04 Å². The Morgan fingerprint density at radius 2 is 0.941 bits per heavy atom. The summed E-state index contributed by atoms with van der Waals surface area (Å²) in [5, 5.41) is 0. The second kappa shape index (κ2) is 8.19. The summed E-state index contributed by atoms with van der Waals surface area (Å²) in [5.74, 6) is 0. The molecule has 0 aromatic heterocycles. The molecule has 170 valence electrons. The van der Waals surface area contributed by atoms with Gasteiger partial charge in [-0.2, -0.15) is 0 Å². The first-order valence-corrected chi connectivity index (χ1v) is 12.3. The first kappa shape index (κ1) is 21.3. The quantitative estimate of drug-likeness (QED) is 0.232. The molecule has 0 N–H and O–H groups in total. The summed E-state index contributed by atoms with van der Waals surface area (Å²) in [4.78, 5) is 0. The summed E-state index contributed by atoms with van der Waals surface area (Å²) in [5.41, 5.74) is 7.08. The summed E-state index contributed by atoms with van der Waals surface area (Å²) >= 11 is 0. The molecule has 3 aliphatic rings. The van der Waals surface area contributed by atoms with E-state index >= 15 is 4.48 Å². The number of likely N-dealkylation sites (N-methyl/N-ethyl adjacent to an activating group) is 1. The Balaban J connectivity index is 1.58. The highest BCUT2D eigenvalue weighted by Crippen LogP contribution is 2.55. The molecule has 0 amide bonds. The van der Waals surface area contributed by atoms with E-state index in [0.717, 1.165) is 34.3 Å². The molecule has 0 spiro atoms. The van der Waals surface area contributed by atoms with E-state index in [1.54, 1.807) is 0 Å². The second-order valence-electron chi connectivity index (χ2n) is 10.1. The molecule has 3 heterocycles. The normalized spacial score (nSPS) is 28.1. The second-order valence-corrected chi connectivity index (χ2v) is 10.1. The zero-order valence-corrected chi connectivity index (χ0v) is 19.6. The third-order valence-corrected chi connectivity index (χ3v) is 8.16. The van der Waals surface area contributed by atoms with Gasteiger partial charge < -0.3 is 4.48 Å². The molecule has 2 nitrogen and oxygen atoms in total. The van der Waals surface area contributed by atoms with Crippen molar-refractivity contribution < 1.29 is 13.7 Å². The minimum atomic E-state index is -0.383. The first-order chi connectivity index (χ1) is 16.6. The van der Waals surface area contributed by atoms with Gasteiger partial charge in [-0.3, -0.25) is 0 Å². The van der Waals surface area contributed by atoms with E-state index in [1.165, 1.54) is 16.7 Å². The Morgan fingerprint density at radius 1 is 0.529 bits per heavy atom. The van der Waals surface area contributed by atoms with Crippen molar-refractivity contribution >= 4 is 0 Å². The smallest absolute Gasteiger partial charge is 0.207 e. The van der Waals surface area contributed by atoms with Crippen LogP contribution in [0.5, 0.6) is 0 Å². The van der Waals surface area contributed by atoms with E-state index in [0.29, 0.717) is 13.1 Å². The maximum atomic E-state index is 17.0. The average Bonchev–Trinajstić information content (AvgIpc) is 2.90. The number of piperazine rings is 3. The van der Waals surface area contributed by atoms with Gasteiger partial charge in [0.1, 0.15) is 13.1 Å². The Labute approximate surface area is 201 Å². The van der Waals surface area contributed by atoms with E-state index in [9.17, 15) is 0 Å². The van der Waals surface area contributed by atoms with E-state index in [2.05, 4.69) is 110 Å². The maximum Gasteiger partial charge on any atom is 0.207 e. The molecule has 7 rings (SSSR count). The summed E-state index contributed by atoms with van der Waals surface area (Å²) in [6, 6.07) is 38.0. The van der Waals surface area contributed by atoms with Crippen LogP contribution in [-0.2, 0) is 0 Å². The van der Waals surface area contributed by atoms with Crippen LogP contribution in [-0.4, -0.2) is 42.4 Å². The predicted octanol–water partition coefficient (Wildman–Crippen LogP) is 6.98. The van der Waals surface area contributed by atoms with Gasteiger partial charge in [-0.1, -0.05) is 109 Å². The number of nitrogens with zero attached hydrogens (tertiary/aromatic N) is 2. The average molecular weight is 451 g/mol. The predicted molar refractivity (Wildman–Crippen MR) is 136 cm³/mol. The van der Waals surface area contributed by atoms with Crippen LogP contribution in [0.3, 0.4) is 0 Å². The third-order valence-electron chi connectivity index (χ3n) is 8.16. The number of fused-ring (bicyclic) bond motifs is 3. The summed E-state index contributed by atoms with van der Waals surface area (Å²) < 4.78 is 17.4. The number of halogens is 1. The highest BCUT2D eigenvalue weighted by molar-refractivity contribution is 5.70. The lowest BCUT2D eigenvalue weighted by Gasteiger charge is -2.57. The van der Waals surface area contributed by atoms with Crippen molar-refractivity contribution in [1.82, 2.24) is 0 Å². The number of quaternary nitrogens is 2. The summed E-state index contributed by atoms with van der Waals surface area (Å²) in [6.07, 6.45) is 0. The Hall–Kier alpha value is -3.27. The first-order valence-electron chi connectivity index (χ1n) is 12.3. The van der Waals surface area contributed by atoms with E-state index < -0.39 is 0 Å². The molecule has 3 saturated heterocycles. The van der Waals surface area contributed by atoms with Crippen molar-refractivity contribution in [2.45, 2.75) is 12.1 Å². The van der Waals surface area contributed by atoms with Crippen LogP contribution >= 0.6 is 0 Å². The van der Waals surface area contributed by atoms with Crippen LogP contribution in [0.4, 0.5) is 4.48 Å². The SMILES string of the molecule is C[N+]12CC[N+](F)(CC1)[C@H](c1ccccc1-c1ccccc1)[C@H]2c1ccccc1-c1ccccc1. The molecule has 4 aromatic rings. The molecular weight excluding hydrogens is 419 g/mol. The van der Waals surface area contributed by atoms with Crippen LogP contribution in [0.2, 0.25) is 0 Å². The van der Waals surface area contributed by atoms with E-state index in [-0.39, 0.29) is 16.8 Å². The minimum absolute atomic E-state index is 0.0359. The standard InChI is InChI=1S/C31H31FN2/c1-33-20-22-34(32,23-21-33)31(29-19-11-9-17-27(29)25-14-6-3-7-15-25)30(33)28-18-10-8-16-26(28)24-12-4-2-5-13-24/h2-19,30-31H,20-23H2,1H3/q+2/t30-,31-,33?,34?/m1/s1. The number of benzene rings is 4. The van der Waals surface area contributed by atoms with Gasteiger partial charge in [-0.05, 0) is 26.7 Å². The topological polar surface area (TPSA) is 0 Å². The molecule has 3 aliphatic heterocycles. The molecule has 0 saturated carbocycles. The largest absolute Gasteiger partial charge is 0.305 e. The molecule has 0 radical (unpaired) electrons. The zero-order chi connectivity index (χ0) is 23.2. The molecule has 2 bridgehead atoms. The van der Waals surface area contributed by atoms with E-state index in [4.69, 9.17) is 0 Å². The minimum Gasteiger partial charge on any atom is -0.305 e. The lowest BCUT2D eigenvalue weighted by atomic mass is 9.79. The fraction of sp³-hybridized carbons (Fsp3) is 0.226. The van der Waals surface area contributed by atoms with Crippen molar-refractivity contribution in [1.29, 1.82) is 0 Å². The molecule has 34 heavy (non-hydrogen) atoms. The Kier molecular flexibility index (Phi) is 5.13. The fourth-order valence-electron chi connectivity index (χ4n) is 6.36. The van der Waals surface area contributed by atoms with Gasteiger partial charge in [0.25, 0.3) is 0 Å². The number of rotatable bonds is 4. The molecule has 0 aliphatic carbocycles. The van der Waals surface area contributed by atoms with Crippen molar-refractivity contribution in [2.24, 2.45) is 0 Å². The molecule has 4 aromatic carbocycles. The fourth-order valence-corrected chi connectivity index (χ4v) is 6.36. The summed E-state index contributed by atoms with van der Waals surface area (Å²) in [7, 11) is 2.34. The van der Waals surface area contributed by atoms with Gasteiger partial charge in [0.05, 0.1) is 7.05 Å². The van der Waals surface area contributed by atoms with Crippen LogP contribution in [0.1, 0.15) is 23.2 Å². The molecule has 3 heteroatoms. The van der Waals surface area contributed by atoms with Crippen LogP contribution in [0.25, 0.3) is 22.3 Å². The molecule has 2 atom stereocenters. The van der Waals surface area contributed by atoms with Crippen molar-refractivity contribution in [3.05, 3.63) is 120 Å². The third kappa shape index (κ3) is 3.39. The van der Waals surface area contributed by atoms with Gasteiger partial charge in [0.15, 0.2) is 19.1 Å². The van der Waals surface area contributed by atoms with Gasteiger partial charge >= 0.3 is 0 Å². The molecule has 0 unspecified atom stereocenters. The zero-order valence-electron chi connectivity index (χ0n) is 19.6. The summed E-state index contributed by atoms with van der Waals surface area (Å²) in [6.45, 7) is 2.84. The van der Waals surface area contributed by atoms with Gasteiger partial charge in [-0.25, -0.2) is 0 Å². The molecular formula is C31H31FN2+2. The van der Waals surface area contributed by atoms with Crippen LogP contribution in [0.15, 0.2) is 109 Å². The van der Waals surface area contributed by atoms with Crippen molar-refractivity contribution in [3.63, 3.8) is 0 Å². The van der Waals surface area contributed by atoms with Crippen molar-refractivity contribution in [2.75, 3.05) is 33.2 Å². The van der Waals surface area contributed by atoms with E-state index in [1.807, 2.05) is 6.07 Å². The molecule has 3 fully saturated rings. The monoisotopic (exact) mass is 450 g/mol. The number of hydrogen-bond acceptors (Lipinski definition) is 0. The van der Waals surface area contributed by atoms with Gasteiger partial charge in [-0.15, -0.1) is 4.71 Å². The Bertz CT molecular complexity index is 1190. The Morgan fingerprint density at radius 3 is 1.44 bits per heavy atom. The highest BCUT2D eigenvalue weighted by atomic mass is 19.2. The van der Waals surface area contributed by atoms with Gasteiger partial charge in [0, 0.05) is 11.1 Å². The lowest BCUT2D eigenvalue weighted by Crippen LogP contribution is -2.72. The van der Waals surface area contributed by atoms with Crippen molar-refractivity contribution in [3.8, 4) is 22.3 Å². The number of hydrogen-bond donors (Lipinski definition) is 0. The van der Waals surface area contributed by atoms with Crippen LogP contribution < -0.4 is 0 Å². The highest BCUT2D eigenvalue weighted by Gasteiger charge is 2.64.